The van der Waals surface area contributed by atoms with Gasteiger partial charge in [0.15, 0.2) is 5.78 Å². The standard InChI is InChI=1S/C19H21NO2S/c21-18(9-7-17-5-4-12-23-17)15-6-8-19(22)16(13-15)14-20-10-2-1-3-11-20/h4-9,12-13,22H,1-3,10-11,14H2/p+1/b9-7+. The van der Waals surface area contributed by atoms with Gasteiger partial charge in [0.2, 0.25) is 0 Å². The molecule has 1 saturated heterocycles. The lowest BCUT2D eigenvalue weighted by Crippen LogP contribution is -3.11. The minimum Gasteiger partial charge on any atom is -0.507 e. The van der Waals surface area contributed by atoms with Crippen molar-refractivity contribution in [1.82, 2.24) is 0 Å². The summed E-state index contributed by atoms with van der Waals surface area (Å²) in [4.78, 5) is 14.9. The number of phenolic OH excluding ortho intramolecular Hbond substituents is 1. The zero-order valence-electron chi connectivity index (χ0n) is 13.1. The van der Waals surface area contributed by atoms with Crippen molar-refractivity contribution in [3.05, 3.63) is 57.8 Å². The molecule has 0 amide bonds. The number of thiophene rings is 1. The van der Waals surface area contributed by atoms with Crippen LogP contribution < -0.4 is 4.90 Å². The number of carbonyl (C=O) groups excluding carboxylic acids is 1. The smallest absolute Gasteiger partial charge is 0.185 e. The first-order valence-electron chi connectivity index (χ1n) is 8.14. The maximum atomic E-state index is 12.3. The highest BCUT2D eigenvalue weighted by molar-refractivity contribution is 7.10. The zero-order chi connectivity index (χ0) is 16.1. The fourth-order valence-electron chi connectivity index (χ4n) is 3.02. The Morgan fingerprint density at radius 1 is 1.22 bits per heavy atom. The maximum absolute atomic E-state index is 12.3. The first kappa shape index (κ1) is 16.0. The molecule has 23 heavy (non-hydrogen) atoms. The van der Waals surface area contributed by atoms with Gasteiger partial charge in [0.05, 0.1) is 13.1 Å². The van der Waals surface area contributed by atoms with Crippen molar-refractivity contribution in [3.8, 4) is 5.75 Å². The number of phenols is 1. The third-order valence-corrected chi connectivity index (χ3v) is 5.14. The minimum absolute atomic E-state index is 0.0201. The van der Waals surface area contributed by atoms with E-state index < -0.39 is 0 Å². The molecule has 120 valence electrons. The molecule has 2 N–H and O–H groups in total. The fraction of sp³-hybridized carbons (Fsp3) is 0.316. The van der Waals surface area contributed by atoms with Gasteiger partial charge in [-0.1, -0.05) is 6.07 Å². The molecule has 4 heteroatoms. The molecule has 2 heterocycles. The van der Waals surface area contributed by atoms with Crippen LogP contribution >= 0.6 is 11.3 Å². The normalized spacial score (nSPS) is 16.0. The van der Waals surface area contributed by atoms with E-state index in [4.69, 9.17) is 0 Å². The second-order valence-electron chi connectivity index (χ2n) is 6.04. The third-order valence-electron chi connectivity index (χ3n) is 4.31. The molecule has 1 aliphatic heterocycles. The summed E-state index contributed by atoms with van der Waals surface area (Å²) in [6, 6.07) is 9.14. The molecular weight excluding hydrogens is 306 g/mol. The van der Waals surface area contributed by atoms with Crippen LogP contribution in [0.2, 0.25) is 0 Å². The van der Waals surface area contributed by atoms with E-state index in [-0.39, 0.29) is 5.78 Å². The van der Waals surface area contributed by atoms with E-state index in [1.165, 1.54) is 24.2 Å². The second kappa shape index (κ2) is 7.57. The van der Waals surface area contributed by atoms with Gasteiger partial charge in [-0.15, -0.1) is 11.3 Å². The van der Waals surface area contributed by atoms with Crippen LogP contribution in [0.15, 0.2) is 41.8 Å². The molecule has 1 aliphatic rings. The first-order valence-corrected chi connectivity index (χ1v) is 9.02. The zero-order valence-corrected chi connectivity index (χ0v) is 13.9. The molecule has 3 rings (SSSR count). The van der Waals surface area contributed by atoms with Crippen molar-refractivity contribution >= 4 is 23.2 Å². The number of carbonyl (C=O) groups is 1. The van der Waals surface area contributed by atoms with Crippen molar-refractivity contribution in [2.45, 2.75) is 25.8 Å². The van der Waals surface area contributed by atoms with Gasteiger partial charge in [-0.05, 0) is 61.1 Å². The predicted molar refractivity (Wildman–Crippen MR) is 94.0 cm³/mol. The van der Waals surface area contributed by atoms with E-state index in [0.29, 0.717) is 11.3 Å². The van der Waals surface area contributed by atoms with Crippen molar-refractivity contribution in [1.29, 1.82) is 0 Å². The molecule has 1 aromatic carbocycles. The Kier molecular flexibility index (Phi) is 5.26. The Balaban J connectivity index is 1.72. The van der Waals surface area contributed by atoms with E-state index in [9.17, 15) is 9.90 Å². The molecule has 1 aromatic heterocycles. The van der Waals surface area contributed by atoms with Crippen LogP contribution in [0, 0.1) is 0 Å². The van der Waals surface area contributed by atoms with Gasteiger partial charge < -0.3 is 10.0 Å². The summed E-state index contributed by atoms with van der Waals surface area (Å²) in [5, 5.41) is 12.1. The van der Waals surface area contributed by atoms with Crippen LogP contribution in [0.4, 0.5) is 0 Å². The van der Waals surface area contributed by atoms with Crippen LogP contribution in [0.1, 0.15) is 40.1 Å². The van der Waals surface area contributed by atoms with Crippen molar-refractivity contribution < 1.29 is 14.8 Å². The number of aromatic hydroxyl groups is 1. The Morgan fingerprint density at radius 3 is 2.78 bits per heavy atom. The first-order chi connectivity index (χ1) is 11.2. The molecule has 0 saturated carbocycles. The molecule has 3 nitrogen and oxygen atoms in total. The Labute approximate surface area is 140 Å². The lowest BCUT2D eigenvalue weighted by Gasteiger charge is -2.23. The van der Waals surface area contributed by atoms with Crippen LogP contribution in [0.3, 0.4) is 0 Å². The van der Waals surface area contributed by atoms with Crippen LogP contribution in [-0.2, 0) is 6.54 Å². The summed E-state index contributed by atoms with van der Waals surface area (Å²) in [6.07, 6.45) is 7.25. The van der Waals surface area contributed by atoms with Crippen molar-refractivity contribution in [2.75, 3.05) is 13.1 Å². The van der Waals surface area contributed by atoms with Crippen molar-refractivity contribution in [3.63, 3.8) is 0 Å². The van der Waals surface area contributed by atoms with Crippen molar-refractivity contribution in [2.24, 2.45) is 0 Å². The molecule has 1 fully saturated rings. The molecule has 0 bridgehead atoms. The van der Waals surface area contributed by atoms with Gasteiger partial charge in [-0.2, -0.15) is 0 Å². The number of likely N-dealkylation sites (tertiary alicyclic amines) is 1. The van der Waals surface area contributed by atoms with E-state index >= 15 is 0 Å². The van der Waals surface area contributed by atoms with Gasteiger partial charge in [-0.3, -0.25) is 4.79 Å². The number of nitrogens with one attached hydrogen (secondary N) is 1. The number of quaternary nitrogens is 1. The Hall–Kier alpha value is -1.91. The van der Waals surface area contributed by atoms with Gasteiger partial charge in [-0.25, -0.2) is 0 Å². The Morgan fingerprint density at radius 2 is 2.04 bits per heavy atom. The topological polar surface area (TPSA) is 41.7 Å². The molecule has 0 atom stereocenters. The molecule has 2 aromatic rings. The summed E-state index contributed by atoms with van der Waals surface area (Å²) >= 11 is 1.61. The third kappa shape index (κ3) is 4.30. The lowest BCUT2D eigenvalue weighted by molar-refractivity contribution is -0.918. The molecular formula is C19H22NO2S+. The average Bonchev–Trinajstić information content (AvgIpc) is 3.09. The minimum atomic E-state index is -0.0201. The average molecular weight is 328 g/mol. The highest BCUT2D eigenvalue weighted by Gasteiger charge is 2.17. The number of rotatable bonds is 5. The summed E-state index contributed by atoms with van der Waals surface area (Å²) in [6.45, 7) is 3.09. The number of piperidine rings is 1. The number of hydrogen-bond acceptors (Lipinski definition) is 3. The molecule has 0 unspecified atom stereocenters. The summed E-state index contributed by atoms with van der Waals surface area (Å²) in [7, 11) is 0. The SMILES string of the molecule is O=C(/C=C/c1cccs1)c1ccc(O)c(C[NH+]2CCCCC2)c1. The lowest BCUT2D eigenvalue weighted by atomic mass is 10.0. The van der Waals surface area contributed by atoms with E-state index in [2.05, 4.69) is 0 Å². The molecule has 0 spiro atoms. The van der Waals surface area contributed by atoms with Gasteiger partial charge in [0.1, 0.15) is 12.3 Å². The van der Waals surface area contributed by atoms with Crippen LogP contribution in [-0.4, -0.2) is 24.0 Å². The number of allylic oxidation sites excluding steroid dienone is 1. The highest BCUT2D eigenvalue weighted by Crippen LogP contribution is 2.19. The largest absolute Gasteiger partial charge is 0.507 e. The molecule has 0 radical (unpaired) electrons. The van der Waals surface area contributed by atoms with Gasteiger partial charge in [0.25, 0.3) is 0 Å². The molecule has 0 aliphatic carbocycles. The highest BCUT2D eigenvalue weighted by atomic mass is 32.1. The fourth-order valence-corrected chi connectivity index (χ4v) is 3.64. The van der Waals surface area contributed by atoms with Crippen LogP contribution in [0.5, 0.6) is 5.75 Å². The summed E-state index contributed by atoms with van der Waals surface area (Å²) in [5.74, 6) is 0.273. The van der Waals surface area contributed by atoms with E-state index in [1.807, 2.05) is 29.7 Å². The Bertz CT molecular complexity index is 685. The number of benzene rings is 1. The number of hydrogen-bond donors (Lipinski definition) is 2. The monoisotopic (exact) mass is 328 g/mol. The number of ketones is 1. The van der Waals surface area contributed by atoms with E-state index in [0.717, 1.165) is 30.1 Å². The predicted octanol–water partition coefficient (Wildman–Crippen LogP) is 2.92. The van der Waals surface area contributed by atoms with E-state index in [1.54, 1.807) is 29.5 Å². The maximum Gasteiger partial charge on any atom is 0.185 e. The quantitative estimate of drug-likeness (QED) is 0.654. The van der Waals surface area contributed by atoms with Gasteiger partial charge in [0, 0.05) is 16.0 Å². The van der Waals surface area contributed by atoms with Crippen LogP contribution in [0.25, 0.3) is 6.08 Å². The summed E-state index contributed by atoms with van der Waals surface area (Å²) in [5.41, 5.74) is 1.51. The second-order valence-corrected chi connectivity index (χ2v) is 7.02. The summed E-state index contributed by atoms with van der Waals surface area (Å²) < 4.78 is 0. The van der Waals surface area contributed by atoms with Gasteiger partial charge >= 0.3 is 0 Å².